The molecule has 0 saturated heterocycles. The number of nitrogens with zero attached hydrogens (tertiary/aromatic N) is 1. The van der Waals surface area contributed by atoms with Crippen LogP contribution >= 0.6 is 35.2 Å². The average molecular weight is 424 g/mol. The summed E-state index contributed by atoms with van der Waals surface area (Å²) in [6, 6.07) is 20.8. The Morgan fingerprint density at radius 2 is 1.75 bits per heavy atom. The lowest BCUT2D eigenvalue weighted by Gasteiger charge is -2.09. The van der Waals surface area contributed by atoms with Crippen LogP contribution in [0.2, 0.25) is 5.02 Å². The van der Waals surface area contributed by atoms with Gasteiger partial charge in [0.15, 0.2) is 10.2 Å². The molecule has 1 heterocycles. The van der Waals surface area contributed by atoms with Gasteiger partial charge in [0.25, 0.3) is 5.91 Å². The molecule has 2 N–H and O–H groups in total. The van der Waals surface area contributed by atoms with E-state index in [4.69, 9.17) is 23.8 Å². The second kappa shape index (κ2) is 8.06. The minimum Gasteiger partial charge on any atom is -0.308 e. The molecule has 0 aliphatic heterocycles. The van der Waals surface area contributed by atoms with Crippen LogP contribution in [0.5, 0.6) is 0 Å². The smallest absolute Gasteiger partial charge is 0.258 e. The first-order valence-corrected chi connectivity index (χ1v) is 10.1. The molecule has 0 spiro atoms. The highest BCUT2D eigenvalue weighted by Gasteiger charge is 2.12. The number of hydrogen-bond acceptors (Lipinski definition) is 4. The number of aromatic nitrogens is 1. The molecule has 4 nitrogen and oxygen atoms in total. The highest BCUT2D eigenvalue weighted by Crippen LogP contribution is 2.26. The number of anilines is 1. The van der Waals surface area contributed by atoms with Gasteiger partial charge in [-0.2, -0.15) is 0 Å². The standard InChI is InChI=1S/C21H14ClN3OS2/c22-15-10-8-14(9-11-15)18-12-28-21(23-18)25-20(27)24-19(26)17-7-3-5-13-4-1-2-6-16(13)17/h1-12H,(H2,23,24,25,26,27). The number of thiazole rings is 1. The van der Waals surface area contributed by atoms with Crippen molar-refractivity contribution in [3.63, 3.8) is 0 Å². The first-order valence-electron chi connectivity index (χ1n) is 8.42. The first kappa shape index (κ1) is 18.6. The normalized spacial score (nSPS) is 10.6. The maximum atomic E-state index is 12.6. The number of amides is 1. The molecule has 0 saturated carbocycles. The summed E-state index contributed by atoms with van der Waals surface area (Å²) in [6.07, 6.45) is 0. The number of fused-ring (bicyclic) bond motifs is 1. The highest BCUT2D eigenvalue weighted by molar-refractivity contribution is 7.80. The van der Waals surface area contributed by atoms with Crippen LogP contribution in [0.15, 0.2) is 72.1 Å². The third-order valence-electron chi connectivity index (χ3n) is 4.13. The van der Waals surface area contributed by atoms with E-state index in [0.717, 1.165) is 22.0 Å². The van der Waals surface area contributed by atoms with Crippen LogP contribution in [0, 0.1) is 0 Å². The Balaban J connectivity index is 1.46. The molecule has 4 rings (SSSR count). The minimum atomic E-state index is -0.260. The van der Waals surface area contributed by atoms with Gasteiger partial charge in [0.1, 0.15) is 0 Å². The number of halogens is 1. The van der Waals surface area contributed by atoms with E-state index in [-0.39, 0.29) is 11.0 Å². The summed E-state index contributed by atoms with van der Waals surface area (Å²) < 4.78 is 0. The van der Waals surface area contributed by atoms with Gasteiger partial charge < -0.3 is 5.32 Å². The van der Waals surface area contributed by atoms with E-state index in [2.05, 4.69) is 15.6 Å². The Kier molecular flexibility index (Phi) is 5.34. The van der Waals surface area contributed by atoms with Crippen molar-refractivity contribution in [2.45, 2.75) is 0 Å². The lowest BCUT2D eigenvalue weighted by molar-refractivity contribution is 0.0979. The van der Waals surface area contributed by atoms with Crippen molar-refractivity contribution in [1.82, 2.24) is 10.3 Å². The molecule has 0 bridgehead atoms. The van der Waals surface area contributed by atoms with Crippen LogP contribution < -0.4 is 10.6 Å². The largest absolute Gasteiger partial charge is 0.308 e. The summed E-state index contributed by atoms with van der Waals surface area (Å²) in [5.74, 6) is -0.260. The third-order valence-corrected chi connectivity index (χ3v) is 5.34. The fourth-order valence-electron chi connectivity index (χ4n) is 2.81. The third kappa shape index (κ3) is 4.04. The molecule has 0 aliphatic carbocycles. The fourth-order valence-corrected chi connectivity index (χ4v) is 3.91. The Hall–Kier alpha value is -2.80. The lowest BCUT2D eigenvalue weighted by Crippen LogP contribution is -2.34. The summed E-state index contributed by atoms with van der Waals surface area (Å²) >= 11 is 12.6. The number of thiocarbonyl (C=S) groups is 1. The number of carbonyl (C=O) groups excluding carboxylic acids is 1. The summed E-state index contributed by atoms with van der Waals surface area (Å²) in [7, 11) is 0. The van der Waals surface area contributed by atoms with Gasteiger partial charge in [-0.1, -0.05) is 60.1 Å². The molecule has 0 radical (unpaired) electrons. The van der Waals surface area contributed by atoms with E-state index in [9.17, 15) is 4.79 Å². The Bertz CT molecular complexity index is 1170. The summed E-state index contributed by atoms with van der Waals surface area (Å²) in [4.78, 5) is 17.2. The van der Waals surface area contributed by atoms with Gasteiger partial charge in [-0.3, -0.25) is 10.1 Å². The molecule has 28 heavy (non-hydrogen) atoms. The SMILES string of the molecule is O=C(NC(=S)Nc1nc(-c2ccc(Cl)cc2)cs1)c1cccc2ccccc12. The van der Waals surface area contributed by atoms with Gasteiger partial charge in [0.05, 0.1) is 5.69 Å². The number of carbonyl (C=O) groups is 1. The van der Waals surface area contributed by atoms with Crippen LogP contribution in [-0.2, 0) is 0 Å². The van der Waals surface area contributed by atoms with Crippen molar-refractivity contribution < 1.29 is 4.79 Å². The molecule has 0 aliphatic rings. The van der Waals surface area contributed by atoms with E-state index in [1.807, 2.05) is 66.0 Å². The highest BCUT2D eigenvalue weighted by atomic mass is 35.5. The maximum Gasteiger partial charge on any atom is 0.258 e. The lowest BCUT2D eigenvalue weighted by atomic mass is 10.0. The number of nitrogens with one attached hydrogen (secondary N) is 2. The molecular formula is C21H14ClN3OS2. The second-order valence-corrected chi connectivity index (χ2v) is 7.68. The number of rotatable bonds is 3. The predicted octanol–water partition coefficient (Wildman–Crippen LogP) is 5.74. The van der Waals surface area contributed by atoms with Crippen molar-refractivity contribution in [1.29, 1.82) is 0 Å². The number of hydrogen-bond donors (Lipinski definition) is 2. The maximum absolute atomic E-state index is 12.6. The van der Waals surface area contributed by atoms with Gasteiger partial charge in [-0.05, 0) is 41.2 Å². The van der Waals surface area contributed by atoms with Gasteiger partial charge >= 0.3 is 0 Å². The molecule has 138 valence electrons. The number of benzene rings is 3. The molecule has 1 aromatic heterocycles. The van der Waals surface area contributed by atoms with Crippen molar-refractivity contribution in [3.05, 3.63) is 82.7 Å². The van der Waals surface area contributed by atoms with Gasteiger partial charge in [-0.25, -0.2) is 4.98 Å². The van der Waals surface area contributed by atoms with E-state index in [1.165, 1.54) is 11.3 Å². The van der Waals surface area contributed by atoms with Crippen molar-refractivity contribution >= 4 is 62.1 Å². The van der Waals surface area contributed by atoms with Crippen LogP contribution in [0.3, 0.4) is 0 Å². The molecule has 1 amide bonds. The molecule has 7 heteroatoms. The summed E-state index contributed by atoms with van der Waals surface area (Å²) in [5.41, 5.74) is 2.34. The zero-order valence-electron chi connectivity index (χ0n) is 14.5. The van der Waals surface area contributed by atoms with Crippen LogP contribution in [0.25, 0.3) is 22.0 Å². The second-order valence-electron chi connectivity index (χ2n) is 5.98. The Morgan fingerprint density at radius 1 is 1.00 bits per heavy atom. The molecular weight excluding hydrogens is 410 g/mol. The zero-order valence-corrected chi connectivity index (χ0v) is 16.9. The minimum absolute atomic E-state index is 0.204. The first-order chi connectivity index (χ1) is 13.6. The average Bonchev–Trinajstić information content (AvgIpc) is 3.16. The van der Waals surface area contributed by atoms with E-state index in [0.29, 0.717) is 15.7 Å². The van der Waals surface area contributed by atoms with Crippen LogP contribution in [-0.4, -0.2) is 16.0 Å². The zero-order chi connectivity index (χ0) is 19.5. The van der Waals surface area contributed by atoms with Gasteiger partial charge in [0.2, 0.25) is 0 Å². The van der Waals surface area contributed by atoms with Crippen LogP contribution in [0.4, 0.5) is 5.13 Å². The van der Waals surface area contributed by atoms with Crippen molar-refractivity contribution in [2.75, 3.05) is 5.32 Å². The van der Waals surface area contributed by atoms with E-state index >= 15 is 0 Å². The van der Waals surface area contributed by atoms with E-state index < -0.39 is 0 Å². The van der Waals surface area contributed by atoms with Gasteiger partial charge in [0, 0.05) is 21.5 Å². The van der Waals surface area contributed by atoms with E-state index in [1.54, 1.807) is 6.07 Å². The molecule has 4 aromatic rings. The molecule has 0 fully saturated rings. The van der Waals surface area contributed by atoms with Crippen molar-refractivity contribution in [2.24, 2.45) is 0 Å². The van der Waals surface area contributed by atoms with Gasteiger partial charge in [-0.15, -0.1) is 11.3 Å². The fraction of sp³-hybridized carbons (Fsp3) is 0. The van der Waals surface area contributed by atoms with Crippen LogP contribution in [0.1, 0.15) is 10.4 Å². The van der Waals surface area contributed by atoms with Crippen molar-refractivity contribution in [3.8, 4) is 11.3 Å². The molecule has 3 aromatic carbocycles. The Morgan fingerprint density at radius 3 is 2.57 bits per heavy atom. The molecule has 0 unspecified atom stereocenters. The topological polar surface area (TPSA) is 54.0 Å². The Labute approximate surface area is 176 Å². The monoisotopic (exact) mass is 423 g/mol. The quantitative estimate of drug-likeness (QED) is 0.412. The summed E-state index contributed by atoms with van der Waals surface area (Å²) in [5, 5.41) is 11.0. The molecule has 0 atom stereocenters. The predicted molar refractivity (Wildman–Crippen MR) is 120 cm³/mol. The summed E-state index contributed by atoms with van der Waals surface area (Å²) in [6.45, 7) is 0.